The predicted octanol–water partition coefficient (Wildman–Crippen LogP) is 2.07. The standard InChI is InChI=1S/C16H18N2O2S/c19-14-5-6-15(13-4-2-1-3-12(13)14)21-11-16(20)18-9-7-17-8-10-18/h1-6,17,19H,7-11H2. The second kappa shape index (κ2) is 6.37. The molecule has 1 saturated heterocycles. The lowest BCUT2D eigenvalue weighted by atomic mass is 10.1. The zero-order valence-electron chi connectivity index (χ0n) is 11.7. The number of fused-ring (bicyclic) bond motifs is 1. The zero-order valence-corrected chi connectivity index (χ0v) is 12.5. The number of phenols is 1. The molecule has 0 atom stereocenters. The Hall–Kier alpha value is -1.72. The summed E-state index contributed by atoms with van der Waals surface area (Å²) < 4.78 is 0. The van der Waals surface area contributed by atoms with Crippen LogP contribution < -0.4 is 5.32 Å². The quantitative estimate of drug-likeness (QED) is 0.852. The average molecular weight is 302 g/mol. The number of nitrogens with one attached hydrogen (secondary N) is 1. The van der Waals surface area contributed by atoms with E-state index in [0.29, 0.717) is 5.75 Å². The minimum Gasteiger partial charge on any atom is -0.507 e. The Labute approximate surface area is 128 Å². The number of amides is 1. The highest BCUT2D eigenvalue weighted by atomic mass is 32.2. The maximum Gasteiger partial charge on any atom is 0.233 e. The van der Waals surface area contributed by atoms with Crippen molar-refractivity contribution in [1.29, 1.82) is 0 Å². The van der Waals surface area contributed by atoms with Crippen LogP contribution in [0, 0.1) is 0 Å². The molecule has 4 nitrogen and oxygen atoms in total. The molecule has 110 valence electrons. The minimum atomic E-state index is 0.179. The van der Waals surface area contributed by atoms with E-state index in [2.05, 4.69) is 5.32 Å². The molecule has 0 unspecified atom stereocenters. The number of carbonyl (C=O) groups excluding carboxylic acids is 1. The number of nitrogens with zero attached hydrogens (tertiary/aromatic N) is 1. The van der Waals surface area contributed by atoms with Gasteiger partial charge in [-0.2, -0.15) is 0 Å². The summed E-state index contributed by atoms with van der Waals surface area (Å²) in [5, 5.41) is 15.0. The van der Waals surface area contributed by atoms with Crippen molar-refractivity contribution < 1.29 is 9.90 Å². The molecular weight excluding hydrogens is 284 g/mol. The van der Waals surface area contributed by atoms with Gasteiger partial charge in [0.15, 0.2) is 0 Å². The summed E-state index contributed by atoms with van der Waals surface area (Å²) in [4.78, 5) is 15.1. The van der Waals surface area contributed by atoms with Gasteiger partial charge in [0.1, 0.15) is 5.75 Å². The van der Waals surface area contributed by atoms with E-state index in [1.807, 2.05) is 35.2 Å². The molecule has 2 aromatic rings. The van der Waals surface area contributed by atoms with Crippen molar-refractivity contribution in [3.05, 3.63) is 36.4 Å². The fourth-order valence-corrected chi connectivity index (χ4v) is 3.49. The Bertz CT molecular complexity index is 654. The first-order valence-electron chi connectivity index (χ1n) is 7.08. The highest BCUT2D eigenvalue weighted by molar-refractivity contribution is 8.00. The Morgan fingerprint density at radius 2 is 1.86 bits per heavy atom. The molecule has 0 aliphatic carbocycles. The Morgan fingerprint density at radius 1 is 1.14 bits per heavy atom. The summed E-state index contributed by atoms with van der Waals surface area (Å²) in [7, 11) is 0. The smallest absolute Gasteiger partial charge is 0.233 e. The molecule has 2 N–H and O–H groups in total. The molecule has 0 spiro atoms. The number of hydrogen-bond donors (Lipinski definition) is 2. The first-order valence-corrected chi connectivity index (χ1v) is 8.06. The van der Waals surface area contributed by atoms with Crippen LogP contribution in [0.2, 0.25) is 0 Å². The van der Waals surface area contributed by atoms with E-state index in [0.717, 1.165) is 41.8 Å². The lowest BCUT2D eigenvalue weighted by Crippen LogP contribution is -2.47. The molecule has 0 radical (unpaired) electrons. The van der Waals surface area contributed by atoms with Crippen molar-refractivity contribution in [3.63, 3.8) is 0 Å². The van der Waals surface area contributed by atoms with Gasteiger partial charge in [0.2, 0.25) is 5.91 Å². The first-order chi connectivity index (χ1) is 10.3. The lowest BCUT2D eigenvalue weighted by Gasteiger charge is -2.27. The maximum absolute atomic E-state index is 12.2. The highest BCUT2D eigenvalue weighted by Gasteiger charge is 2.16. The fraction of sp³-hybridized carbons (Fsp3) is 0.312. The van der Waals surface area contributed by atoms with Crippen LogP contribution in [0.1, 0.15) is 0 Å². The van der Waals surface area contributed by atoms with Gasteiger partial charge in [-0.05, 0) is 17.5 Å². The Kier molecular flexibility index (Phi) is 4.31. The molecule has 0 aromatic heterocycles. The summed E-state index contributed by atoms with van der Waals surface area (Å²) in [5.74, 6) is 0.899. The monoisotopic (exact) mass is 302 g/mol. The van der Waals surface area contributed by atoms with Crippen LogP contribution in [-0.2, 0) is 4.79 Å². The molecular formula is C16H18N2O2S. The van der Waals surface area contributed by atoms with Crippen molar-refractivity contribution in [2.24, 2.45) is 0 Å². The number of hydrogen-bond acceptors (Lipinski definition) is 4. The van der Waals surface area contributed by atoms with Gasteiger partial charge >= 0.3 is 0 Å². The fourth-order valence-electron chi connectivity index (χ4n) is 2.53. The Morgan fingerprint density at radius 3 is 2.62 bits per heavy atom. The molecule has 1 heterocycles. The van der Waals surface area contributed by atoms with Crippen LogP contribution in [0.5, 0.6) is 5.75 Å². The van der Waals surface area contributed by atoms with Crippen molar-refractivity contribution >= 4 is 28.4 Å². The number of benzene rings is 2. The van der Waals surface area contributed by atoms with Crippen molar-refractivity contribution in [3.8, 4) is 5.75 Å². The molecule has 0 saturated carbocycles. The average Bonchev–Trinajstić information content (AvgIpc) is 2.55. The largest absolute Gasteiger partial charge is 0.507 e. The van der Waals surface area contributed by atoms with Crippen molar-refractivity contribution in [2.75, 3.05) is 31.9 Å². The number of phenolic OH excluding ortho intramolecular Hbond substituents is 1. The van der Waals surface area contributed by atoms with Crippen LogP contribution >= 0.6 is 11.8 Å². The third kappa shape index (κ3) is 3.14. The third-order valence-corrected chi connectivity index (χ3v) is 4.74. The number of rotatable bonds is 3. The lowest BCUT2D eigenvalue weighted by molar-refractivity contribution is -0.128. The summed E-state index contributed by atoms with van der Waals surface area (Å²) in [6, 6.07) is 11.3. The molecule has 0 bridgehead atoms. The van der Waals surface area contributed by atoms with Gasteiger partial charge < -0.3 is 15.3 Å². The van der Waals surface area contributed by atoms with Crippen molar-refractivity contribution in [2.45, 2.75) is 4.90 Å². The third-order valence-electron chi connectivity index (χ3n) is 3.68. The topological polar surface area (TPSA) is 52.6 Å². The van der Waals surface area contributed by atoms with E-state index in [1.54, 1.807) is 6.07 Å². The van der Waals surface area contributed by atoms with Crippen LogP contribution in [0.4, 0.5) is 0 Å². The van der Waals surface area contributed by atoms with Gasteiger partial charge in [-0.3, -0.25) is 4.79 Å². The molecule has 2 aromatic carbocycles. The zero-order chi connectivity index (χ0) is 14.7. The van der Waals surface area contributed by atoms with Crippen LogP contribution in [0.15, 0.2) is 41.3 Å². The van der Waals surface area contributed by atoms with E-state index in [-0.39, 0.29) is 11.7 Å². The normalized spacial score (nSPS) is 15.3. The van der Waals surface area contributed by atoms with Crippen molar-refractivity contribution in [1.82, 2.24) is 10.2 Å². The van der Waals surface area contributed by atoms with E-state index in [1.165, 1.54) is 11.8 Å². The van der Waals surface area contributed by atoms with Gasteiger partial charge in [-0.1, -0.05) is 24.3 Å². The maximum atomic E-state index is 12.2. The molecule has 1 fully saturated rings. The number of aromatic hydroxyl groups is 1. The number of thioether (sulfide) groups is 1. The van der Waals surface area contributed by atoms with Gasteiger partial charge in [0, 0.05) is 36.5 Å². The van der Waals surface area contributed by atoms with Gasteiger partial charge in [0.05, 0.1) is 5.75 Å². The Balaban J connectivity index is 1.73. The molecule has 1 aliphatic heterocycles. The number of carbonyl (C=O) groups is 1. The van der Waals surface area contributed by atoms with Gasteiger partial charge in [-0.15, -0.1) is 11.8 Å². The first kappa shape index (κ1) is 14.2. The van der Waals surface area contributed by atoms with Crippen LogP contribution in [0.25, 0.3) is 10.8 Å². The summed E-state index contributed by atoms with van der Waals surface area (Å²) in [5.41, 5.74) is 0. The van der Waals surface area contributed by atoms with E-state index >= 15 is 0 Å². The summed E-state index contributed by atoms with van der Waals surface area (Å²) in [6.07, 6.45) is 0. The molecule has 5 heteroatoms. The van der Waals surface area contributed by atoms with Gasteiger partial charge in [-0.25, -0.2) is 0 Å². The second-order valence-corrected chi connectivity index (χ2v) is 6.07. The number of piperazine rings is 1. The van der Waals surface area contributed by atoms with E-state index in [4.69, 9.17) is 0 Å². The molecule has 1 amide bonds. The predicted molar refractivity (Wildman–Crippen MR) is 85.8 cm³/mol. The van der Waals surface area contributed by atoms with Crippen LogP contribution in [-0.4, -0.2) is 47.8 Å². The van der Waals surface area contributed by atoms with Gasteiger partial charge in [0.25, 0.3) is 0 Å². The van der Waals surface area contributed by atoms with E-state index in [9.17, 15) is 9.90 Å². The molecule has 1 aliphatic rings. The van der Waals surface area contributed by atoms with E-state index < -0.39 is 0 Å². The highest BCUT2D eigenvalue weighted by Crippen LogP contribution is 2.33. The summed E-state index contributed by atoms with van der Waals surface area (Å²) in [6.45, 7) is 3.32. The second-order valence-electron chi connectivity index (χ2n) is 5.05. The summed E-state index contributed by atoms with van der Waals surface area (Å²) >= 11 is 1.54. The van der Waals surface area contributed by atoms with Crippen LogP contribution in [0.3, 0.4) is 0 Å². The molecule has 21 heavy (non-hydrogen) atoms. The minimum absolute atomic E-state index is 0.179. The molecule has 3 rings (SSSR count). The SMILES string of the molecule is O=C(CSc1ccc(O)c2ccccc12)N1CCNCC1.